The lowest BCUT2D eigenvalue weighted by Crippen LogP contribution is -2.16. The summed E-state index contributed by atoms with van der Waals surface area (Å²) in [5.74, 6) is 1.16. The summed E-state index contributed by atoms with van der Waals surface area (Å²) in [5, 5.41) is 0. The van der Waals surface area contributed by atoms with Gasteiger partial charge >= 0.3 is 0 Å². The van der Waals surface area contributed by atoms with E-state index in [2.05, 4.69) is 17.1 Å². The molecule has 0 aliphatic rings. The zero-order valence-corrected chi connectivity index (χ0v) is 11.3. The molecule has 0 bridgehead atoms. The van der Waals surface area contributed by atoms with Crippen LogP contribution >= 0.6 is 0 Å². The maximum absolute atomic E-state index is 5.88. The van der Waals surface area contributed by atoms with Crippen LogP contribution in [0.5, 0.6) is 5.75 Å². The molecule has 0 radical (unpaired) electrons. The van der Waals surface area contributed by atoms with E-state index in [0.717, 1.165) is 17.9 Å². The standard InChI is InChI=1S/C16H20N2O/c1-2-19-15-7-5-6-13(11-15)10-14(12-17)16-8-3-4-9-18-16/h3-9,11,14H,2,10,12,17H2,1H3. The van der Waals surface area contributed by atoms with Crippen molar-refractivity contribution in [1.29, 1.82) is 0 Å². The molecule has 2 aromatic rings. The van der Waals surface area contributed by atoms with Gasteiger partial charge in [0.1, 0.15) is 5.75 Å². The van der Waals surface area contributed by atoms with Gasteiger partial charge in [-0.1, -0.05) is 18.2 Å². The minimum atomic E-state index is 0.248. The Morgan fingerprint density at radius 3 is 2.79 bits per heavy atom. The molecule has 100 valence electrons. The first-order chi connectivity index (χ1) is 9.33. The lowest BCUT2D eigenvalue weighted by molar-refractivity contribution is 0.340. The number of hydrogen-bond acceptors (Lipinski definition) is 3. The van der Waals surface area contributed by atoms with Gasteiger partial charge in [-0.25, -0.2) is 0 Å². The molecule has 0 amide bonds. The highest BCUT2D eigenvalue weighted by molar-refractivity contribution is 5.30. The first-order valence-corrected chi connectivity index (χ1v) is 6.66. The molecule has 2 N–H and O–H groups in total. The smallest absolute Gasteiger partial charge is 0.119 e. The van der Waals surface area contributed by atoms with E-state index in [0.29, 0.717) is 13.2 Å². The van der Waals surface area contributed by atoms with Crippen LogP contribution in [0.4, 0.5) is 0 Å². The van der Waals surface area contributed by atoms with Gasteiger partial charge in [-0.3, -0.25) is 4.98 Å². The molecule has 19 heavy (non-hydrogen) atoms. The van der Waals surface area contributed by atoms with Gasteiger partial charge in [0.15, 0.2) is 0 Å². The van der Waals surface area contributed by atoms with Gasteiger partial charge in [-0.2, -0.15) is 0 Å². The summed E-state index contributed by atoms with van der Waals surface area (Å²) < 4.78 is 5.52. The highest BCUT2D eigenvalue weighted by atomic mass is 16.5. The maximum Gasteiger partial charge on any atom is 0.119 e. The second-order valence-corrected chi connectivity index (χ2v) is 4.47. The topological polar surface area (TPSA) is 48.1 Å². The first-order valence-electron chi connectivity index (χ1n) is 6.66. The molecule has 1 aromatic heterocycles. The van der Waals surface area contributed by atoms with E-state index in [-0.39, 0.29) is 5.92 Å². The zero-order chi connectivity index (χ0) is 13.5. The fraction of sp³-hybridized carbons (Fsp3) is 0.312. The highest BCUT2D eigenvalue weighted by Gasteiger charge is 2.12. The Labute approximate surface area is 114 Å². The van der Waals surface area contributed by atoms with E-state index in [1.165, 1.54) is 5.56 Å². The van der Waals surface area contributed by atoms with E-state index < -0.39 is 0 Å². The number of hydrogen-bond donors (Lipinski definition) is 1. The third-order valence-electron chi connectivity index (χ3n) is 3.08. The summed E-state index contributed by atoms with van der Waals surface area (Å²) in [6.07, 6.45) is 2.70. The van der Waals surface area contributed by atoms with Crippen LogP contribution in [-0.2, 0) is 6.42 Å². The predicted octanol–water partition coefficient (Wildman–Crippen LogP) is 2.77. The summed E-state index contributed by atoms with van der Waals surface area (Å²) in [5.41, 5.74) is 8.15. The van der Waals surface area contributed by atoms with Crippen molar-refractivity contribution < 1.29 is 4.74 Å². The highest BCUT2D eigenvalue weighted by Crippen LogP contribution is 2.21. The van der Waals surface area contributed by atoms with Crippen LogP contribution in [0.3, 0.4) is 0 Å². The summed E-state index contributed by atoms with van der Waals surface area (Å²) >= 11 is 0. The predicted molar refractivity (Wildman–Crippen MR) is 77.3 cm³/mol. The van der Waals surface area contributed by atoms with Gasteiger partial charge in [-0.05, 0) is 43.2 Å². The summed E-state index contributed by atoms with van der Waals surface area (Å²) in [7, 11) is 0. The van der Waals surface area contributed by atoms with Gasteiger partial charge in [0.25, 0.3) is 0 Å². The van der Waals surface area contributed by atoms with Crippen LogP contribution in [0.25, 0.3) is 0 Å². The van der Waals surface area contributed by atoms with Crippen molar-refractivity contribution in [2.45, 2.75) is 19.3 Å². The number of aromatic nitrogens is 1. The molecule has 1 atom stereocenters. The molecule has 3 nitrogen and oxygen atoms in total. The lowest BCUT2D eigenvalue weighted by Gasteiger charge is -2.14. The molecule has 0 spiro atoms. The van der Waals surface area contributed by atoms with Crippen LogP contribution in [0.2, 0.25) is 0 Å². The Kier molecular flexibility index (Phi) is 4.93. The molecule has 1 aromatic carbocycles. The Balaban J connectivity index is 2.12. The zero-order valence-electron chi connectivity index (χ0n) is 11.3. The number of nitrogens with zero attached hydrogens (tertiary/aromatic N) is 1. The first kappa shape index (κ1) is 13.6. The number of benzene rings is 1. The van der Waals surface area contributed by atoms with Crippen LogP contribution in [0.15, 0.2) is 48.7 Å². The van der Waals surface area contributed by atoms with E-state index in [4.69, 9.17) is 10.5 Å². The number of nitrogens with two attached hydrogens (primary N) is 1. The van der Waals surface area contributed by atoms with Crippen molar-refractivity contribution in [3.63, 3.8) is 0 Å². The second-order valence-electron chi connectivity index (χ2n) is 4.47. The van der Waals surface area contributed by atoms with Gasteiger partial charge in [0.2, 0.25) is 0 Å². The molecule has 1 unspecified atom stereocenters. The van der Waals surface area contributed by atoms with E-state index in [1.54, 1.807) is 0 Å². The van der Waals surface area contributed by atoms with Crippen molar-refractivity contribution in [2.75, 3.05) is 13.2 Å². The minimum absolute atomic E-state index is 0.248. The summed E-state index contributed by atoms with van der Waals surface area (Å²) in [6, 6.07) is 14.1. The van der Waals surface area contributed by atoms with Crippen LogP contribution in [0, 0.1) is 0 Å². The molecule has 0 saturated carbocycles. The Hall–Kier alpha value is -1.87. The fourth-order valence-corrected chi connectivity index (χ4v) is 2.14. The molecule has 2 rings (SSSR count). The third-order valence-corrected chi connectivity index (χ3v) is 3.08. The van der Waals surface area contributed by atoms with Gasteiger partial charge in [-0.15, -0.1) is 0 Å². The normalized spacial score (nSPS) is 12.1. The Bertz CT molecular complexity index is 499. The average molecular weight is 256 g/mol. The minimum Gasteiger partial charge on any atom is -0.494 e. The Morgan fingerprint density at radius 2 is 2.11 bits per heavy atom. The molecule has 0 saturated heterocycles. The molecule has 0 fully saturated rings. The molecule has 0 aliphatic carbocycles. The lowest BCUT2D eigenvalue weighted by atomic mass is 9.95. The Morgan fingerprint density at radius 1 is 1.21 bits per heavy atom. The molecular weight excluding hydrogens is 236 g/mol. The molecule has 3 heteroatoms. The quantitative estimate of drug-likeness (QED) is 0.864. The van der Waals surface area contributed by atoms with Crippen molar-refractivity contribution in [1.82, 2.24) is 4.98 Å². The van der Waals surface area contributed by atoms with Gasteiger partial charge in [0, 0.05) is 24.4 Å². The van der Waals surface area contributed by atoms with E-state index >= 15 is 0 Å². The van der Waals surface area contributed by atoms with E-state index in [9.17, 15) is 0 Å². The number of ether oxygens (including phenoxy) is 1. The van der Waals surface area contributed by atoms with Gasteiger partial charge < -0.3 is 10.5 Å². The van der Waals surface area contributed by atoms with Gasteiger partial charge in [0.05, 0.1) is 6.61 Å². The second kappa shape index (κ2) is 6.90. The third kappa shape index (κ3) is 3.80. The summed E-state index contributed by atoms with van der Waals surface area (Å²) in [4.78, 5) is 4.39. The largest absolute Gasteiger partial charge is 0.494 e. The fourth-order valence-electron chi connectivity index (χ4n) is 2.14. The van der Waals surface area contributed by atoms with Crippen molar-refractivity contribution in [3.05, 3.63) is 59.9 Å². The number of rotatable bonds is 6. The van der Waals surface area contributed by atoms with Crippen LogP contribution < -0.4 is 10.5 Å². The number of pyridine rings is 1. The van der Waals surface area contributed by atoms with Crippen molar-refractivity contribution in [2.24, 2.45) is 5.73 Å². The van der Waals surface area contributed by atoms with Crippen LogP contribution in [-0.4, -0.2) is 18.1 Å². The van der Waals surface area contributed by atoms with Crippen molar-refractivity contribution >= 4 is 0 Å². The SMILES string of the molecule is CCOc1cccc(CC(CN)c2ccccn2)c1. The van der Waals surface area contributed by atoms with Crippen LogP contribution in [0.1, 0.15) is 24.1 Å². The maximum atomic E-state index is 5.88. The van der Waals surface area contributed by atoms with E-state index in [1.807, 2.05) is 43.5 Å². The molecule has 1 heterocycles. The van der Waals surface area contributed by atoms with Crippen molar-refractivity contribution in [3.8, 4) is 5.75 Å². The molecule has 0 aliphatic heterocycles. The summed E-state index contributed by atoms with van der Waals surface area (Å²) in [6.45, 7) is 3.27. The monoisotopic (exact) mass is 256 g/mol. The molecular formula is C16H20N2O. The average Bonchev–Trinajstić information content (AvgIpc) is 2.46.